The van der Waals surface area contributed by atoms with E-state index >= 15 is 0 Å². The van der Waals surface area contributed by atoms with Gasteiger partial charge in [0.2, 0.25) is 0 Å². The molecule has 0 radical (unpaired) electrons. The lowest BCUT2D eigenvalue weighted by atomic mass is 10.1. The molecule has 35 heavy (non-hydrogen) atoms. The van der Waals surface area contributed by atoms with Crippen molar-refractivity contribution in [1.82, 2.24) is 0 Å². The number of hydrogen-bond acceptors (Lipinski definition) is 7. The first kappa shape index (κ1) is 34.0. The largest absolute Gasteiger partial charge is 0.532 e. The first-order valence-electron chi connectivity index (χ1n) is 13.1. The number of aliphatic hydroxyl groups is 2. The Morgan fingerprint density at radius 1 is 0.914 bits per heavy atom. The normalized spacial score (nSPS) is 15.0. The van der Waals surface area contributed by atoms with Crippen molar-refractivity contribution in [2.45, 2.75) is 90.1 Å². The molecule has 0 heterocycles. The number of aliphatic hydroxyl groups excluding tert-OH is 2. The lowest BCUT2D eigenvalue weighted by Crippen LogP contribution is -2.37. The first-order chi connectivity index (χ1) is 16.6. The van der Waals surface area contributed by atoms with Crippen molar-refractivity contribution in [2.24, 2.45) is 0 Å². The second kappa shape index (κ2) is 21.1. The molecule has 0 aliphatic rings. The lowest BCUT2D eigenvalue weighted by Gasteiger charge is -2.25. The van der Waals surface area contributed by atoms with E-state index in [0.29, 0.717) is 17.4 Å². The van der Waals surface area contributed by atoms with Gasteiger partial charge < -0.3 is 19.2 Å². The van der Waals surface area contributed by atoms with Gasteiger partial charge in [-0.3, -0.25) is 13.8 Å². The third-order valence-electron chi connectivity index (χ3n) is 5.19. The number of rotatable bonds is 23. The molecule has 0 bridgehead atoms. The monoisotopic (exact) mass is 520 g/mol. The first-order valence-corrected chi connectivity index (χ1v) is 14.6. The maximum absolute atomic E-state index is 12.8. The predicted octanol–water partition coefficient (Wildman–Crippen LogP) is 5.54. The van der Waals surface area contributed by atoms with Crippen LogP contribution in [-0.4, -0.2) is 74.3 Å². The summed E-state index contributed by atoms with van der Waals surface area (Å²) >= 11 is 0. The van der Waals surface area contributed by atoms with Crippen molar-refractivity contribution < 1.29 is 37.6 Å². The zero-order valence-corrected chi connectivity index (χ0v) is 23.4. The highest BCUT2D eigenvalue weighted by molar-refractivity contribution is 7.49. The van der Waals surface area contributed by atoms with E-state index in [9.17, 15) is 14.5 Å². The molecule has 0 saturated carbocycles. The molecule has 0 fully saturated rings. The smallest absolute Gasteiger partial charge is 0.394 e. The van der Waals surface area contributed by atoms with Gasteiger partial charge in [-0.25, -0.2) is 4.57 Å². The molecule has 0 saturated heterocycles. The zero-order chi connectivity index (χ0) is 26.4. The molecule has 206 valence electrons. The number of nitrogens with zero attached hydrogens (tertiary/aromatic N) is 1. The Kier molecular flexibility index (Phi) is 20.5. The fourth-order valence-electron chi connectivity index (χ4n) is 3.00. The van der Waals surface area contributed by atoms with Crippen LogP contribution in [-0.2, 0) is 22.9 Å². The molecule has 0 rings (SSSR count). The van der Waals surface area contributed by atoms with Crippen LogP contribution in [0.1, 0.15) is 84.0 Å². The number of unbranched alkanes of at least 4 members (excludes halogenated alkanes) is 8. The van der Waals surface area contributed by atoms with Crippen LogP contribution in [0.2, 0.25) is 0 Å². The van der Waals surface area contributed by atoms with Crippen LogP contribution >= 0.6 is 7.82 Å². The van der Waals surface area contributed by atoms with E-state index in [0.717, 1.165) is 38.5 Å². The SMILES string of the molecule is CCCCC/C=C\C/C=C\CCCCCCCC(=O)OP(=O)(OCC[N+](C)(C)C)OC[C@@H](O)CO. The number of allylic oxidation sites excluding steroid dienone is 4. The summed E-state index contributed by atoms with van der Waals surface area (Å²) in [4.78, 5) is 12.2. The highest BCUT2D eigenvalue weighted by atomic mass is 31.2. The third kappa shape index (κ3) is 23.1. The van der Waals surface area contributed by atoms with E-state index in [1.165, 1.54) is 25.7 Å². The summed E-state index contributed by atoms with van der Waals surface area (Å²) in [5.74, 6) is -0.650. The van der Waals surface area contributed by atoms with Crippen LogP contribution < -0.4 is 0 Å². The van der Waals surface area contributed by atoms with Crippen LogP contribution in [0.4, 0.5) is 0 Å². The Morgan fingerprint density at radius 3 is 2.11 bits per heavy atom. The van der Waals surface area contributed by atoms with Gasteiger partial charge in [0.1, 0.15) is 19.3 Å². The van der Waals surface area contributed by atoms with Crippen molar-refractivity contribution in [3.63, 3.8) is 0 Å². The number of phosphoric acid groups is 1. The van der Waals surface area contributed by atoms with E-state index < -0.39 is 33.1 Å². The van der Waals surface area contributed by atoms with E-state index in [1.807, 2.05) is 21.1 Å². The Morgan fingerprint density at radius 2 is 1.51 bits per heavy atom. The van der Waals surface area contributed by atoms with Gasteiger partial charge in [0.25, 0.3) is 0 Å². The molecular formula is C26H51NO7P+. The Bertz CT molecular complexity index is 632. The number of likely N-dealkylation sites (N-methyl/N-ethyl adjacent to an activating group) is 1. The van der Waals surface area contributed by atoms with Gasteiger partial charge in [0.15, 0.2) is 0 Å². The second-order valence-electron chi connectivity index (χ2n) is 9.87. The van der Waals surface area contributed by atoms with Crippen molar-refractivity contribution in [1.29, 1.82) is 0 Å². The molecule has 2 N–H and O–H groups in total. The number of carbonyl (C=O) groups excluding carboxylic acids is 1. The molecule has 0 aromatic heterocycles. The van der Waals surface area contributed by atoms with Crippen LogP contribution in [0.25, 0.3) is 0 Å². The van der Waals surface area contributed by atoms with Crippen molar-refractivity contribution in [3.8, 4) is 0 Å². The van der Waals surface area contributed by atoms with Gasteiger partial charge in [-0.05, 0) is 38.5 Å². The summed E-state index contributed by atoms with van der Waals surface area (Å²) in [5.41, 5.74) is 0. The zero-order valence-electron chi connectivity index (χ0n) is 22.5. The summed E-state index contributed by atoms with van der Waals surface area (Å²) in [7, 11) is 1.67. The number of quaternary nitrogens is 1. The van der Waals surface area contributed by atoms with Gasteiger partial charge in [-0.15, -0.1) is 0 Å². The second-order valence-corrected chi connectivity index (χ2v) is 11.5. The van der Waals surface area contributed by atoms with Gasteiger partial charge in [0.05, 0.1) is 34.4 Å². The topological polar surface area (TPSA) is 102 Å². The van der Waals surface area contributed by atoms with E-state index in [1.54, 1.807) is 0 Å². The van der Waals surface area contributed by atoms with Crippen LogP contribution in [0.15, 0.2) is 24.3 Å². The Hall–Kier alpha value is -1.02. The van der Waals surface area contributed by atoms with Crippen molar-refractivity contribution in [3.05, 3.63) is 24.3 Å². The molecule has 0 aromatic rings. The standard InChI is InChI=1S/C26H51NO7P/c1-5-6-7-8-9-10-11-12-13-14-15-16-17-18-19-20-26(30)34-35(31,33-24-25(29)23-28)32-22-21-27(2,3)4/h9-10,12-13,25,28-29H,5-8,11,14-24H2,1-4H3/q+1/b10-9-,13-12-/t25-,35?/m0/s1. The maximum atomic E-state index is 12.8. The van der Waals surface area contributed by atoms with Crippen LogP contribution in [0, 0.1) is 0 Å². The predicted molar refractivity (Wildman–Crippen MR) is 141 cm³/mol. The molecule has 8 nitrogen and oxygen atoms in total. The van der Waals surface area contributed by atoms with Crippen LogP contribution in [0.3, 0.4) is 0 Å². The summed E-state index contributed by atoms with van der Waals surface area (Å²) in [6.45, 7) is 1.80. The molecule has 1 unspecified atom stereocenters. The van der Waals surface area contributed by atoms with E-state index in [-0.39, 0.29) is 13.0 Å². The summed E-state index contributed by atoms with van der Waals surface area (Å²) in [6, 6.07) is 0. The average Bonchev–Trinajstić information content (AvgIpc) is 2.79. The molecule has 0 spiro atoms. The molecule has 2 atom stereocenters. The van der Waals surface area contributed by atoms with Gasteiger partial charge in [-0.1, -0.05) is 63.3 Å². The van der Waals surface area contributed by atoms with Gasteiger partial charge >= 0.3 is 13.8 Å². The summed E-state index contributed by atoms with van der Waals surface area (Å²) in [5, 5.41) is 18.4. The van der Waals surface area contributed by atoms with Crippen molar-refractivity contribution >= 4 is 13.8 Å². The molecule has 0 aliphatic heterocycles. The minimum atomic E-state index is -4.16. The highest BCUT2D eigenvalue weighted by Crippen LogP contribution is 2.50. The number of hydrogen-bond donors (Lipinski definition) is 2. The van der Waals surface area contributed by atoms with Crippen LogP contribution in [0.5, 0.6) is 0 Å². The van der Waals surface area contributed by atoms with E-state index in [2.05, 4.69) is 31.2 Å². The molecule has 9 heteroatoms. The number of phosphoric ester groups is 1. The van der Waals surface area contributed by atoms with Gasteiger partial charge in [-0.2, -0.15) is 0 Å². The van der Waals surface area contributed by atoms with Gasteiger partial charge in [0, 0.05) is 6.42 Å². The lowest BCUT2D eigenvalue weighted by molar-refractivity contribution is -0.870. The number of carbonyl (C=O) groups is 1. The minimum Gasteiger partial charge on any atom is -0.394 e. The van der Waals surface area contributed by atoms with E-state index in [4.69, 9.17) is 18.7 Å². The highest BCUT2D eigenvalue weighted by Gasteiger charge is 2.32. The third-order valence-corrected chi connectivity index (χ3v) is 6.58. The summed E-state index contributed by atoms with van der Waals surface area (Å²) < 4.78 is 28.7. The maximum Gasteiger partial charge on any atom is 0.532 e. The molecule has 0 aromatic carbocycles. The average molecular weight is 521 g/mol. The molecule has 0 amide bonds. The fourth-order valence-corrected chi connectivity index (χ4v) is 4.18. The Labute approximate surface area is 213 Å². The van der Waals surface area contributed by atoms with Crippen molar-refractivity contribution in [2.75, 3.05) is 47.5 Å². The minimum absolute atomic E-state index is 0.0625. The fraction of sp³-hybridized carbons (Fsp3) is 0.808. The Balaban J connectivity index is 4.06. The summed E-state index contributed by atoms with van der Waals surface area (Å²) in [6.07, 6.45) is 19.7. The quantitative estimate of drug-likeness (QED) is 0.0789. The molecule has 0 aliphatic carbocycles. The molecular weight excluding hydrogens is 469 g/mol.